The summed E-state index contributed by atoms with van der Waals surface area (Å²) in [7, 11) is -3.93. The molecular weight excluding hydrogens is 451 g/mol. The molecule has 0 spiro atoms. The molecule has 0 atom stereocenters. The Morgan fingerprint density at radius 3 is 2.42 bits per heavy atom. The van der Waals surface area contributed by atoms with Crippen molar-refractivity contribution < 1.29 is 22.0 Å². The van der Waals surface area contributed by atoms with E-state index in [2.05, 4.69) is 20.0 Å². The van der Waals surface area contributed by atoms with Crippen LogP contribution in [0.4, 0.5) is 15.9 Å². The molecule has 9 nitrogen and oxygen atoms in total. The molecule has 4 aromatic rings. The number of rotatable bonds is 5. The molecule has 0 aliphatic heterocycles. The maximum absolute atomic E-state index is 13.5. The highest BCUT2D eigenvalue weighted by atomic mass is 32.2. The smallest absolute Gasteiger partial charge is 0.344 e. The van der Waals surface area contributed by atoms with E-state index in [0.717, 1.165) is 12.1 Å². The van der Waals surface area contributed by atoms with Gasteiger partial charge >= 0.3 is 5.63 Å². The third kappa shape index (κ3) is 4.88. The van der Waals surface area contributed by atoms with E-state index in [1.165, 1.54) is 42.5 Å². The van der Waals surface area contributed by atoms with Gasteiger partial charge in [0.25, 0.3) is 15.9 Å². The van der Waals surface area contributed by atoms with Gasteiger partial charge in [0.15, 0.2) is 5.76 Å². The van der Waals surface area contributed by atoms with Crippen molar-refractivity contribution in [3.8, 4) is 0 Å². The number of nitrogens with one attached hydrogen (secondary N) is 2. The Morgan fingerprint density at radius 1 is 1.00 bits per heavy atom. The number of amides is 1. The van der Waals surface area contributed by atoms with E-state index < -0.39 is 27.4 Å². The Hall–Kier alpha value is -4.12. The van der Waals surface area contributed by atoms with Gasteiger partial charge < -0.3 is 9.73 Å². The van der Waals surface area contributed by atoms with Gasteiger partial charge in [-0.05, 0) is 67.8 Å². The molecule has 0 radical (unpaired) electrons. The van der Waals surface area contributed by atoms with Crippen LogP contribution in [0.1, 0.15) is 22.1 Å². The maximum Gasteiger partial charge on any atom is 0.344 e. The highest BCUT2D eigenvalue weighted by Crippen LogP contribution is 2.19. The van der Waals surface area contributed by atoms with Crippen LogP contribution in [-0.2, 0) is 10.0 Å². The average Bonchev–Trinajstić information content (AvgIpc) is 2.72. The predicted molar refractivity (Wildman–Crippen MR) is 119 cm³/mol. The van der Waals surface area contributed by atoms with E-state index in [1.54, 1.807) is 13.8 Å². The second kappa shape index (κ2) is 8.43. The molecule has 2 aromatic carbocycles. The molecule has 0 saturated carbocycles. The Morgan fingerprint density at radius 2 is 1.73 bits per heavy atom. The van der Waals surface area contributed by atoms with Gasteiger partial charge in [0, 0.05) is 17.4 Å². The molecule has 0 aliphatic carbocycles. The van der Waals surface area contributed by atoms with Gasteiger partial charge in [-0.2, -0.15) is 0 Å². The van der Waals surface area contributed by atoms with E-state index >= 15 is 0 Å². The van der Waals surface area contributed by atoms with Gasteiger partial charge in [-0.15, -0.1) is 0 Å². The molecule has 2 N–H and O–H groups in total. The van der Waals surface area contributed by atoms with Crippen LogP contribution in [-0.4, -0.2) is 24.3 Å². The van der Waals surface area contributed by atoms with Crippen molar-refractivity contribution in [1.29, 1.82) is 0 Å². The average molecular weight is 468 g/mol. The third-order valence-corrected chi connectivity index (χ3v) is 5.94. The number of halogens is 1. The van der Waals surface area contributed by atoms with Crippen LogP contribution in [0.5, 0.6) is 0 Å². The summed E-state index contributed by atoms with van der Waals surface area (Å²) in [6.45, 7) is 3.37. The number of fused-ring (bicyclic) bond motifs is 1. The third-order valence-electron chi connectivity index (χ3n) is 4.57. The molecule has 11 heteroatoms. The van der Waals surface area contributed by atoms with E-state index in [-0.39, 0.29) is 32.9 Å². The molecule has 2 heterocycles. The minimum absolute atomic E-state index is 0.0536. The quantitative estimate of drug-likeness (QED) is 0.459. The maximum atomic E-state index is 13.5. The van der Waals surface area contributed by atoms with Crippen molar-refractivity contribution >= 4 is 38.2 Å². The Bertz CT molecular complexity index is 1530. The summed E-state index contributed by atoms with van der Waals surface area (Å²) >= 11 is 0. The molecule has 168 valence electrons. The molecule has 0 saturated heterocycles. The summed E-state index contributed by atoms with van der Waals surface area (Å²) < 4.78 is 46.1. The number of carbonyl (C=O) groups excluding carboxylic acids is 1. The van der Waals surface area contributed by atoms with Crippen LogP contribution in [0, 0.1) is 19.7 Å². The minimum Gasteiger partial charge on any atom is -0.417 e. The number of aryl methyl sites for hydroxylation is 2. The Kier molecular flexibility index (Phi) is 5.64. The standard InChI is InChI=1S/C22H17FN4O5S/c1-12-9-20(25-13(2)24-12)27-33(30,31)17-6-4-16(5-7-17)26-21(28)19-11-14-10-15(23)3-8-18(14)22(29)32-19/h3-11H,1-2H3,(H,26,28)(H,24,25,27). The van der Waals surface area contributed by atoms with Gasteiger partial charge in [0.1, 0.15) is 17.5 Å². The van der Waals surface area contributed by atoms with Gasteiger partial charge in [0.2, 0.25) is 0 Å². The van der Waals surface area contributed by atoms with Crippen LogP contribution < -0.4 is 15.7 Å². The lowest BCUT2D eigenvalue weighted by atomic mass is 10.1. The van der Waals surface area contributed by atoms with Crippen molar-refractivity contribution in [2.75, 3.05) is 10.0 Å². The van der Waals surface area contributed by atoms with Gasteiger partial charge in [-0.25, -0.2) is 27.6 Å². The first-order valence-corrected chi connectivity index (χ1v) is 11.1. The number of hydrogen-bond acceptors (Lipinski definition) is 7. The van der Waals surface area contributed by atoms with Crippen molar-refractivity contribution in [3.63, 3.8) is 0 Å². The van der Waals surface area contributed by atoms with E-state index in [0.29, 0.717) is 11.5 Å². The number of anilines is 2. The molecule has 0 aliphatic rings. The normalized spacial score (nSPS) is 11.4. The van der Waals surface area contributed by atoms with Crippen molar-refractivity contribution in [1.82, 2.24) is 9.97 Å². The monoisotopic (exact) mass is 468 g/mol. The summed E-state index contributed by atoms with van der Waals surface area (Å²) in [6.07, 6.45) is 0. The van der Waals surface area contributed by atoms with Crippen LogP contribution in [0.25, 0.3) is 10.8 Å². The fraction of sp³-hybridized carbons (Fsp3) is 0.0909. The van der Waals surface area contributed by atoms with Gasteiger partial charge in [-0.3, -0.25) is 9.52 Å². The second-order valence-electron chi connectivity index (χ2n) is 7.16. The summed E-state index contributed by atoms with van der Waals surface area (Å²) in [4.78, 5) is 32.7. The first-order chi connectivity index (χ1) is 15.6. The van der Waals surface area contributed by atoms with E-state index in [9.17, 15) is 22.4 Å². The van der Waals surface area contributed by atoms with Crippen LogP contribution in [0.15, 0.2) is 68.7 Å². The Labute approximate surface area is 187 Å². The van der Waals surface area contributed by atoms with Crippen molar-refractivity contribution in [2.24, 2.45) is 0 Å². The number of benzene rings is 2. The predicted octanol–water partition coefficient (Wildman–Crippen LogP) is 3.39. The largest absolute Gasteiger partial charge is 0.417 e. The zero-order chi connectivity index (χ0) is 23.8. The lowest BCUT2D eigenvalue weighted by Gasteiger charge is -2.10. The van der Waals surface area contributed by atoms with Crippen LogP contribution >= 0.6 is 0 Å². The summed E-state index contributed by atoms with van der Waals surface area (Å²) in [5, 5.41) is 2.87. The molecule has 4 rings (SSSR count). The molecule has 0 unspecified atom stereocenters. The number of carbonyl (C=O) groups is 1. The minimum atomic E-state index is -3.93. The van der Waals surface area contributed by atoms with E-state index in [4.69, 9.17) is 4.42 Å². The molecule has 33 heavy (non-hydrogen) atoms. The molecule has 1 amide bonds. The number of aromatic nitrogens is 2. The zero-order valence-corrected chi connectivity index (χ0v) is 18.2. The summed E-state index contributed by atoms with van der Waals surface area (Å²) in [5.41, 5.74) is 0.0939. The number of sulfonamides is 1. The summed E-state index contributed by atoms with van der Waals surface area (Å²) in [5.74, 6) is -1.06. The van der Waals surface area contributed by atoms with Crippen molar-refractivity contribution in [3.05, 3.63) is 88.1 Å². The summed E-state index contributed by atoms with van der Waals surface area (Å²) in [6, 6.07) is 11.6. The molecule has 0 bridgehead atoms. The SMILES string of the molecule is Cc1cc(NS(=O)(=O)c2ccc(NC(=O)c3cc4cc(F)ccc4c(=O)o3)cc2)nc(C)n1. The highest BCUT2D eigenvalue weighted by Gasteiger charge is 2.17. The van der Waals surface area contributed by atoms with Crippen LogP contribution in [0.3, 0.4) is 0 Å². The lowest BCUT2D eigenvalue weighted by Crippen LogP contribution is -2.16. The van der Waals surface area contributed by atoms with Gasteiger partial charge in [0.05, 0.1) is 10.3 Å². The fourth-order valence-corrected chi connectivity index (χ4v) is 4.14. The molecular formula is C22H17FN4O5S. The zero-order valence-electron chi connectivity index (χ0n) is 17.4. The fourth-order valence-electron chi connectivity index (χ4n) is 3.15. The Balaban J connectivity index is 1.53. The van der Waals surface area contributed by atoms with Gasteiger partial charge in [-0.1, -0.05) is 0 Å². The first-order valence-electron chi connectivity index (χ1n) is 9.61. The number of hydrogen-bond donors (Lipinski definition) is 2. The van der Waals surface area contributed by atoms with E-state index in [1.807, 2.05) is 0 Å². The second-order valence-corrected chi connectivity index (χ2v) is 8.84. The van der Waals surface area contributed by atoms with Crippen LogP contribution in [0.2, 0.25) is 0 Å². The number of nitrogens with zero attached hydrogens (tertiary/aromatic N) is 2. The topological polar surface area (TPSA) is 131 Å². The first kappa shape index (κ1) is 22.1. The molecule has 2 aromatic heterocycles. The lowest BCUT2D eigenvalue weighted by molar-refractivity contribution is 0.0993. The highest BCUT2D eigenvalue weighted by molar-refractivity contribution is 7.92. The van der Waals surface area contributed by atoms with Crippen molar-refractivity contribution in [2.45, 2.75) is 18.7 Å². The molecule has 0 fully saturated rings.